The summed E-state index contributed by atoms with van der Waals surface area (Å²) in [5.74, 6) is -0.0685. The number of aliphatic hydroxyl groups is 1. The zero-order chi connectivity index (χ0) is 19.6. The summed E-state index contributed by atoms with van der Waals surface area (Å²) in [7, 11) is 0. The van der Waals surface area contributed by atoms with Crippen LogP contribution < -0.4 is 0 Å². The van der Waals surface area contributed by atoms with Gasteiger partial charge in [0.05, 0.1) is 35.4 Å². The predicted octanol–water partition coefficient (Wildman–Crippen LogP) is 3.89. The molecule has 142 valence electrons. The van der Waals surface area contributed by atoms with Gasteiger partial charge in [0.1, 0.15) is 5.82 Å². The molecule has 0 fully saturated rings. The van der Waals surface area contributed by atoms with E-state index in [1.807, 2.05) is 0 Å². The van der Waals surface area contributed by atoms with Gasteiger partial charge in [0.15, 0.2) is 0 Å². The molecule has 0 saturated heterocycles. The fourth-order valence-electron chi connectivity index (χ4n) is 2.83. The van der Waals surface area contributed by atoms with Gasteiger partial charge >= 0.3 is 12.1 Å². The molecule has 27 heavy (non-hydrogen) atoms. The van der Waals surface area contributed by atoms with Gasteiger partial charge in [-0.05, 0) is 37.3 Å². The van der Waals surface area contributed by atoms with Gasteiger partial charge in [0, 0.05) is 12.1 Å². The van der Waals surface area contributed by atoms with Crippen molar-refractivity contribution in [3.63, 3.8) is 0 Å². The molecule has 3 aromatic rings. The number of carbonyl (C=O) groups is 1. The first-order valence-corrected chi connectivity index (χ1v) is 8.31. The number of benzene rings is 2. The number of rotatable bonds is 5. The number of hydrogen-bond donors (Lipinski definition) is 1. The second kappa shape index (κ2) is 7.40. The highest BCUT2D eigenvalue weighted by atomic mass is 19.4. The fraction of sp³-hybridized carbons (Fsp3) is 0.263. The SMILES string of the molecule is CCOC(=O)c1ccc2c(c1)nc(-c1ccc(C(F)(F)F)cc1)n2CCO. The van der Waals surface area contributed by atoms with Gasteiger partial charge in [-0.1, -0.05) is 12.1 Å². The Balaban J connectivity index is 2.08. The average Bonchev–Trinajstić information content (AvgIpc) is 2.99. The summed E-state index contributed by atoms with van der Waals surface area (Å²) in [6.07, 6.45) is -4.42. The highest BCUT2D eigenvalue weighted by molar-refractivity contribution is 5.94. The van der Waals surface area contributed by atoms with Crippen molar-refractivity contribution in [3.8, 4) is 11.4 Å². The Hall–Kier alpha value is -2.87. The first-order valence-electron chi connectivity index (χ1n) is 8.31. The van der Waals surface area contributed by atoms with Gasteiger partial charge in [0.25, 0.3) is 0 Å². The summed E-state index contributed by atoms with van der Waals surface area (Å²) in [4.78, 5) is 16.4. The number of aliphatic hydroxyl groups excluding tert-OH is 1. The molecule has 0 radical (unpaired) electrons. The van der Waals surface area contributed by atoms with Crippen molar-refractivity contribution in [3.05, 3.63) is 53.6 Å². The highest BCUT2D eigenvalue weighted by Crippen LogP contribution is 2.32. The lowest BCUT2D eigenvalue weighted by Gasteiger charge is -2.10. The van der Waals surface area contributed by atoms with Crippen LogP contribution >= 0.6 is 0 Å². The van der Waals surface area contributed by atoms with Crippen molar-refractivity contribution >= 4 is 17.0 Å². The van der Waals surface area contributed by atoms with Gasteiger partial charge in [-0.2, -0.15) is 13.2 Å². The normalized spacial score (nSPS) is 11.7. The maximum Gasteiger partial charge on any atom is 0.416 e. The van der Waals surface area contributed by atoms with Gasteiger partial charge in [-0.3, -0.25) is 0 Å². The van der Waals surface area contributed by atoms with Crippen molar-refractivity contribution < 1.29 is 27.8 Å². The minimum Gasteiger partial charge on any atom is -0.462 e. The van der Waals surface area contributed by atoms with E-state index in [9.17, 15) is 23.1 Å². The fourth-order valence-corrected chi connectivity index (χ4v) is 2.83. The minimum absolute atomic E-state index is 0.168. The summed E-state index contributed by atoms with van der Waals surface area (Å²) in [6, 6.07) is 9.48. The number of halogens is 3. The molecule has 0 aliphatic rings. The summed E-state index contributed by atoms with van der Waals surface area (Å²) < 4.78 is 45.0. The van der Waals surface area contributed by atoms with Gasteiger partial charge in [0.2, 0.25) is 0 Å². The molecule has 1 aromatic heterocycles. The molecule has 0 spiro atoms. The van der Waals surface area contributed by atoms with Crippen molar-refractivity contribution in [2.45, 2.75) is 19.6 Å². The average molecular weight is 378 g/mol. The van der Waals surface area contributed by atoms with Gasteiger partial charge < -0.3 is 14.4 Å². The second-order valence-corrected chi connectivity index (χ2v) is 5.81. The zero-order valence-electron chi connectivity index (χ0n) is 14.5. The van der Waals surface area contributed by atoms with Crippen LogP contribution in [0.4, 0.5) is 13.2 Å². The predicted molar refractivity (Wildman–Crippen MR) is 93.2 cm³/mol. The Kier molecular flexibility index (Phi) is 5.18. The Morgan fingerprint density at radius 1 is 1.19 bits per heavy atom. The maximum atomic E-state index is 12.8. The van der Waals surface area contributed by atoms with E-state index in [0.717, 1.165) is 12.1 Å². The quantitative estimate of drug-likeness (QED) is 0.684. The molecule has 0 saturated carbocycles. The number of alkyl halides is 3. The molecule has 3 rings (SSSR count). The van der Waals surface area contributed by atoms with Crippen molar-refractivity contribution in [1.29, 1.82) is 0 Å². The summed E-state index contributed by atoms with van der Waals surface area (Å²) >= 11 is 0. The van der Waals surface area contributed by atoms with Crippen LogP contribution in [0.1, 0.15) is 22.8 Å². The smallest absolute Gasteiger partial charge is 0.416 e. The Labute approximate surface area is 153 Å². The van der Waals surface area contributed by atoms with E-state index in [1.165, 1.54) is 12.1 Å². The van der Waals surface area contributed by atoms with E-state index < -0.39 is 17.7 Å². The topological polar surface area (TPSA) is 64.3 Å². The highest BCUT2D eigenvalue weighted by Gasteiger charge is 2.30. The van der Waals surface area contributed by atoms with E-state index in [-0.39, 0.29) is 19.8 Å². The molecule has 0 atom stereocenters. The number of fused-ring (bicyclic) bond motifs is 1. The van der Waals surface area contributed by atoms with Gasteiger partial charge in [-0.25, -0.2) is 9.78 Å². The lowest BCUT2D eigenvalue weighted by Crippen LogP contribution is -2.06. The van der Waals surface area contributed by atoms with Crippen LogP contribution in [0.3, 0.4) is 0 Å². The third-order valence-corrected chi connectivity index (χ3v) is 4.05. The molecule has 8 heteroatoms. The third-order valence-electron chi connectivity index (χ3n) is 4.05. The molecule has 1 N–H and O–H groups in total. The number of carbonyl (C=O) groups excluding carboxylic acids is 1. The second-order valence-electron chi connectivity index (χ2n) is 5.81. The van der Waals surface area contributed by atoms with Gasteiger partial charge in [-0.15, -0.1) is 0 Å². The van der Waals surface area contributed by atoms with Crippen LogP contribution in [0.25, 0.3) is 22.4 Å². The van der Waals surface area contributed by atoms with Crippen LogP contribution in [-0.2, 0) is 17.5 Å². The van der Waals surface area contributed by atoms with Crippen LogP contribution in [0, 0.1) is 0 Å². The minimum atomic E-state index is -4.42. The molecule has 0 aliphatic heterocycles. The number of ether oxygens (including phenoxy) is 1. The van der Waals surface area contributed by atoms with Crippen LogP contribution in [0.5, 0.6) is 0 Å². The number of aromatic nitrogens is 2. The Morgan fingerprint density at radius 3 is 2.48 bits per heavy atom. The third kappa shape index (κ3) is 3.80. The number of nitrogens with zero attached hydrogens (tertiary/aromatic N) is 2. The molecular weight excluding hydrogens is 361 g/mol. The van der Waals surface area contributed by atoms with E-state index in [2.05, 4.69) is 4.98 Å². The number of hydrogen-bond acceptors (Lipinski definition) is 4. The van der Waals surface area contributed by atoms with E-state index in [4.69, 9.17) is 4.74 Å². The maximum absolute atomic E-state index is 12.8. The number of esters is 1. The van der Waals surface area contributed by atoms with E-state index in [1.54, 1.807) is 29.7 Å². The van der Waals surface area contributed by atoms with E-state index >= 15 is 0 Å². The van der Waals surface area contributed by atoms with E-state index in [0.29, 0.717) is 28.0 Å². The summed E-state index contributed by atoms with van der Waals surface area (Å²) in [5.41, 5.74) is 1.21. The molecule has 1 heterocycles. The zero-order valence-corrected chi connectivity index (χ0v) is 14.5. The molecule has 0 bridgehead atoms. The molecule has 0 aliphatic carbocycles. The summed E-state index contributed by atoms with van der Waals surface area (Å²) in [5, 5.41) is 9.36. The summed E-state index contributed by atoms with van der Waals surface area (Å²) in [6.45, 7) is 1.99. The molecule has 5 nitrogen and oxygen atoms in total. The Bertz CT molecular complexity index is 963. The molecular formula is C19H17F3N2O3. The largest absolute Gasteiger partial charge is 0.462 e. The van der Waals surface area contributed by atoms with Crippen molar-refractivity contribution in [2.75, 3.05) is 13.2 Å². The lowest BCUT2D eigenvalue weighted by atomic mass is 10.1. The van der Waals surface area contributed by atoms with Crippen molar-refractivity contribution in [2.24, 2.45) is 0 Å². The number of imidazole rings is 1. The van der Waals surface area contributed by atoms with Crippen LogP contribution in [0.15, 0.2) is 42.5 Å². The lowest BCUT2D eigenvalue weighted by molar-refractivity contribution is -0.137. The first kappa shape index (κ1) is 18.9. The van der Waals surface area contributed by atoms with Crippen molar-refractivity contribution in [1.82, 2.24) is 9.55 Å². The van der Waals surface area contributed by atoms with Crippen LogP contribution in [-0.4, -0.2) is 33.8 Å². The molecule has 0 unspecified atom stereocenters. The first-order chi connectivity index (χ1) is 12.8. The van der Waals surface area contributed by atoms with Crippen LogP contribution in [0.2, 0.25) is 0 Å². The monoisotopic (exact) mass is 378 g/mol. The molecule has 2 aromatic carbocycles. The Morgan fingerprint density at radius 2 is 1.89 bits per heavy atom. The molecule has 0 amide bonds. The standard InChI is InChI=1S/C19H17F3N2O3/c1-2-27-18(26)13-5-8-16-15(11-13)23-17(24(16)9-10-25)12-3-6-14(7-4-12)19(20,21)22/h3-8,11,25H,2,9-10H2,1H3.